The summed E-state index contributed by atoms with van der Waals surface area (Å²) >= 11 is 0. The van der Waals surface area contributed by atoms with Crippen LogP contribution in [0.2, 0.25) is 0 Å². The molecular formula is C18H22BN3O3. The maximum atomic E-state index is 9.89. The molecule has 0 saturated heterocycles. The molecule has 2 aliphatic carbocycles. The number of carbonyl (C=O) groups excluding carboxylic acids is 1. The molecule has 3 aliphatic rings. The van der Waals surface area contributed by atoms with E-state index in [-0.39, 0.29) is 0 Å². The molecule has 2 saturated carbocycles. The van der Waals surface area contributed by atoms with Crippen LogP contribution in [0.25, 0.3) is 16.6 Å². The van der Waals surface area contributed by atoms with Crippen LogP contribution >= 0.6 is 0 Å². The number of carbonyl (C=O) groups is 1. The van der Waals surface area contributed by atoms with Gasteiger partial charge in [0.25, 0.3) is 0 Å². The van der Waals surface area contributed by atoms with Crippen molar-refractivity contribution in [1.29, 1.82) is 0 Å². The fraction of sp³-hybridized carbons (Fsp3) is 0.444. The Morgan fingerprint density at radius 3 is 2.88 bits per heavy atom. The van der Waals surface area contributed by atoms with Gasteiger partial charge < -0.3 is 24.8 Å². The van der Waals surface area contributed by atoms with Crippen molar-refractivity contribution in [2.24, 2.45) is 11.8 Å². The van der Waals surface area contributed by atoms with E-state index in [1.54, 1.807) is 6.20 Å². The van der Waals surface area contributed by atoms with E-state index in [4.69, 9.17) is 4.65 Å². The number of H-pyrrole nitrogens is 1. The van der Waals surface area contributed by atoms with Crippen molar-refractivity contribution >= 4 is 30.0 Å². The van der Waals surface area contributed by atoms with Gasteiger partial charge in [0.1, 0.15) is 17.7 Å². The molecule has 1 aliphatic heterocycles. The maximum Gasteiger partial charge on any atom is 0.552 e. The summed E-state index contributed by atoms with van der Waals surface area (Å²) in [5.41, 5.74) is 3.14. The number of hydrogen-bond acceptors (Lipinski definition) is 5. The zero-order valence-electron chi connectivity index (χ0n) is 14.2. The minimum atomic E-state index is -0.871. The van der Waals surface area contributed by atoms with Gasteiger partial charge >= 0.3 is 7.12 Å². The number of pyridine rings is 1. The first-order chi connectivity index (χ1) is 12.2. The molecular weight excluding hydrogens is 317 g/mol. The summed E-state index contributed by atoms with van der Waals surface area (Å²) in [4.78, 5) is 17.0. The van der Waals surface area contributed by atoms with Crippen LogP contribution < -0.4 is 9.97 Å². The first-order valence-corrected chi connectivity index (χ1v) is 8.85. The van der Waals surface area contributed by atoms with E-state index in [1.165, 1.54) is 5.57 Å². The predicted molar refractivity (Wildman–Crippen MR) is 97.0 cm³/mol. The van der Waals surface area contributed by atoms with Gasteiger partial charge in [-0.3, -0.25) is 0 Å². The summed E-state index contributed by atoms with van der Waals surface area (Å²) < 4.78 is 5.50. The number of nitrogens with zero attached hydrogens (tertiary/aromatic N) is 1. The van der Waals surface area contributed by atoms with Gasteiger partial charge in [0.15, 0.2) is 0 Å². The topological polar surface area (TPSA) is 87.2 Å². The number of nitrogens with one attached hydrogen (secondary N) is 2. The number of aromatic amines is 1. The zero-order valence-corrected chi connectivity index (χ0v) is 14.2. The smallest absolute Gasteiger partial charge is 0.531 e. The summed E-state index contributed by atoms with van der Waals surface area (Å²) in [6, 6.07) is 2.59. The van der Waals surface area contributed by atoms with Gasteiger partial charge in [-0.15, -0.1) is 0 Å². The number of allylic oxidation sites excluding steroid dienone is 1. The van der Waals surface area contributed by atoms with E-state index in [0.29, 0.717) is 23.6 Å². The predicted octanol–water partition coefficient (Wildman–Crippen LogP) is 1.95. The van der Waals surface area contributed by atoms with Gasteiger partial charge in [-0.1, -0.05) is 0 Å². The van der Waals surface area contributed by atoms with E-state index in [1.807, 2.05) is 25.3 Å². The quantitative estimate of drug-likeness (QED) is 0.588. The van der Waals surface area contributed by atoms with Crippen molar-refractivity contribution in [2.45, 2.75) is 31.7 Å². The summed E-state index contributed by atoms with van der Waals surface area (Å²) in [6.45, 7) is 0. The van der Waals surface area contributed by atoms with Gasteiger partial charge in [0.2, 0.25) is 0 Å². The van der Waals surface area contributed by atoms with Gasteiger partial charge in [-0.05, 0) is 56.3 Å². The van der Waals surface area contributed by atoms with Crippen LogP contribution in [0.5, 0.6) is 5.75 Å². The number of fused-ring (bicyclic) bond motifs is 3. The van der Waals surface area contributed by atoms with Crippen LogP contribution in [0, 0.1) is 11.8 Å². The van der Waals surface area contributed by atoms with Gasteiger partial charge in [-0.25, -0.2) is 4.98 Å². The highest BCUT2D eigenvalue weighted by molar-refractivity contribution is 6.52. The molecule has 2 fully saturated rings. The minimum absolute atomic E-state index is 0.454. The fourth-order valence-electron chi connectivity index (χ4n) is 3.46. The lowest BCUT2D eigenvalue weighted by atomic mass is 9.68. The fourth-order valence-corrected chi connectivity index (χ4v) is 3.46. The van der Waals surface area contributed by atoms with E-state index in [2.05, 4.69) is 15.3 Å². The second-order valence-electron chi connectivity index (χ2n) is 7.00. The molecule has 0 unspecified atom stereocenters. The Labute approximate surface area is 146 Å². The van der Waals surface area contributed by atoms with Crippen LogP contribution in [-0.4, -0.2) is 41.5 Å². The molecule has 130 valence electrons. The summed E-state index contributed by atoms with van der Waals surface area (Å²) in [7, 11) is 1.13. The van der Waals surface area contributed by atoms with Crippen molar-refractivity contribution < 1.29 is 14.5 Å². The lowest BCUT2D eigenvalue weighted by molar-refractivity contribution is -0.108. The summed E-state index contributed by atoms with van der Waals surface area (Å²) in [5.74, 6) is 3.45. The molecule has 0 bridgehead atoms. The second-order valence-corrected chi connectivity index (χ2v) is 7.00. The molecule has 5 rings (SSSR count). The van der Waals surface area contributed by atoms with E-state index >= 15 is 0 Å². The van der Waals surface area contributed by atoms with Gasteiger partial charge in [0, 0.05) is 29.1 Å². The Morgan fingerprint density at radius 1 is 1.44 bits per heavy atom. The van der Waals surface area contributed by atoms with Crippen molar-refractivity contribution in [3.8, 4) is 5.75 Å². The highest BCUT2D eigenvalue weighted by Gasteiger charge is 2.36. The average Bonchev–Trinajstić information content (AvgIpc) is 3.30. The van der Waals surface area contributed by atoms with Crippen LogP contribution in [0.4, 0.5) is 0 Å². The molecule has 0 amide bonds. The lowest BCUT2D eigenvalue weighted by Gasteiger charge is -2.38. The third-order valence-electron chi connectivity index (χ3n) is 5.21. The van der Waals surface area contributed by atoms with E-state index in [0.717, 1.165) is 48.6 Å². The van der Waals surface area contributed by atoms with Crippen LogP contribution in [0.15, 0.2) is 24.4 Å². The Morgan fingerprint density at radius 2 is 2.24 bits per heavy atom. The molecule has 2 aromatic rings. The van der Waals surface area contributed by atoms with Gasteiger partial charge in [-0.2, -0.15) is 0 Å². The van der Waals surface area contributed by atoms with Crippen LogP contribution in [0.3, 0.4) is 0 Å². The minimum Gasteiger partial charge on any atom is -0.531 e. The lowest BCUT2D eigenvalue weighted by Crippen LogP contribution is -2.40. The Kier molecular flexibility index (Phi) is 4.35. The monoisotopic (exact) mass is 339 g/mol. The molecule has 6 nitrogen and oxygen atoms in total. The van der Waals surface area contributed by atoms with Crippen LogP contribution in [-0.2, 0) is 4.79 Å². The van der Waals surface area contributed by atoms with Crippen molar-refractivity contribution in [3.05, 3.63) is 30.0 Å². The molecule has 0 atom stereocenters. The van der Waals surface area contributed by atoms with E-state index in [9.17, 15) is 9.82 Å². The maximum absolute atomic E-state index is 9.89. The van der Waals surface area contributed by atoms with Crippen molar-refractivity contribution in [1.82, 2.24) is 15.3 Å². The summed E-state index contributed by atoms with van der Waals surface area (Å²) in [5, 5.41) is 14.3. The molecule has 0 aromatic carbocycles. The Balaban J connectivity index is 0.000000272. The molecule has 3 heterocycles. The first kappa shape index (κ1) is 16.4. The number of rotatable bonds is 3. The number of hydrogen-bond donors (Lipinski definition) is 3. The highest BCUT2D eigenvalue weighted by Crippen LogP contribution is 2.45. The normalized spacial score (nSPS) is 24.4. The van der Waals surface area contributed by atoms with Crippen molar-refractivity contribution in [2.75, 3.05) is 7.05 Å². The number of aromatic nitrogens is 2. The largest absolute Gasteiger partial charge is 0.552 e. The molecule has 0 radical (unpaired) electrons. The Bertz CT molecular complexity index is 809. The van der Waals surface area contributed by atoms with E-state index < -0.39 is 7.12 Å². The summed E-state index contributed by atoms with van der Waals surface area (Å²) in [6.07, 6.45) is 9.09. The van der Waals surface area contributed by atoms with Gasteiger partial charge in [0.05, 0.1) is 6.20 Å². The zero-order chi connectivity index (χ0) is 17.4. The molecule has 2 aromatic heterocycles. The molecule has 0 spiro atoms. The SMILES string of the molecule is CNC1CC(C2=CB(O)Oc3cnc4[nH]ccc4c32)C1.O=CC1CC1. The first-order valence-electron chi connectivity index (χ1n) is 8.85. The number of aldehydes is 1. The molecule has 3 N–H and O–H groups in total. The third-order valence-corrected chi connectivity index (χ3v) is 5.21. The molecule has 7 heteroatoms. The standard InChI is InChI=1S/C14H16BN3O2.C4H6O/c1-16-9-4-8(5-9)11-6-15(19)20-12-7-18-14-10(13(11)12)2-3-17-14;5-3-4-1-2-4/h2-3,6-9,16,19H,4-5H2,1H3,(H,17,18);3-4H,1-2H2. The molecule has 25 heavy (non-hydrogen) atoms. The second kappa shape index (κ2) is 6.65. The van der Waals surface area contributed by atoms with Crippen LogP contribution in [0.1, 0.15) is 31.2 Å². The highest BCUT2D eigenvalue weighted by atomic mass is 16.5. The average molecular weight is 339 g/mol. The third kappa shape index (κ3) is 3.21. The van der Waals surface area contributed by atoms with Crippen molar-refractivity contribution in [3.63, 3.8) is 0 Å². The Hall–Kier alpha value is -2.12.